The first-order valence-corrected chi connectivity index (χ1v) is 5.62. The number of aldehydes is 1. The Morgan fingerprint density at radius 1 is 1.39 bits per heavy atom. The van der Waals surface area contributed by atoms with Crippen LogP contribution in [0.2, 0.25) is 0 Å². The van der Waals surface area contributed by atoms with Crippen molar-refractivity contribution >= 4 is 6.29 Å². The third-order valence-corrected chi connectivity index (χ3v) is 2.82. The van der Waals surface area contributed by atoms with Gasteiger partial charge in [0.05, 0.1) is 5.69 Å². The number of benzene rings is 1. The number of aryl methyl sites for hydroxylation is 1. The van der Waals surface area contributed by atoms with Gasteiger partial charge in [-0.1, -0.05) is 5.21 Å². The molecule has 0 N–H and O–H groups in total. The quantitative estimate of drug-likeness (QED) is 0.767. The van der Waals surface area contributed by atoms with Gasteiger partial charge in [-0.05, 0) is 25.1 Å². The van der Waals surface area contributed by atoms with E-state index >= 15 is 0 Å². The molecule has 0 saturated heterocycles. The number of nitrogens with zero attached hydrogens (tertiary/aromatic N) is 3. The Morgan fingerprint density at radius 2 is 2.22 bits per heavy atom. The maximum Gasteiger partial charge on any atom is 0.231 e. The van der Waals surface area contributed by atoms with E-state index in [1.807, 2.05) is 25.1 Å². The summed E-state index contributed by atoms with van der Waals surface area (Å²) in [5.41, 5.74) is 1.87. The molecule has 0 spiro atoms. The van der Waals surface area contributed by atoms with E-state index in [0.29, 0.717) is 35.7 Å². The second-order valence-electron chi connectivity index (χ2n) is 3.82. The smallest absolute Gasteiger partial charge is 0.231 e. The van der Waals surface area contributed by atoms with Crippen LogP contribution in [0.15, 0.2) is 18.2 Å². The molecule has 92 valence electrons. The van der Waals surface area contributed by atoms with Crippen molar-refractivity contribution in [3.05, 3.63) is 23.9 Å². The summed E-state index contributed by atoms with van der Waals surface area (Å²) in [6, 6.07) is 5.52. The van der Waals surface area contributed by atoms with Crippen LogP contribution in [-0.4, -0.2) is 28.1 Å². The maximum atomic E-state index is 11.0. The van der Waals surface area contributed by atoms with E-state index in [2.05, 4.69) is 10.3 Å². The van der Waals surface area contributed by atoms with E-state index in [-0.39, 0.29) is 6.79 Å². The fourth-order valence-corrected chi connectivity index (χ4v) is 1.97. The summed E-state index contributed by atoms with van der Waals surface area (Å²) >= 11 is 0. The lowest BCUT2D eigenvalue weighted by Crippen LogP contribution is -2.00. The van der Waals surface area contributed by atoms with Crippen LogP contribution in [-0.2, 0) is 6.54 Å². The number of rotatable bonds is 3. The van der Waals surface area contributed by atoms with Crippen LogP contribution in [0.3, 0.4) is 0 Å². The van der Waals surface area contributed by atoms with E-state index in [1.165, 1.54) is 0 Å². The van der Waals surface area contributed by atoms with Gasteiger partial charge in [-0.15, -0.1) is 5.10 Å². The summed E-state index contributed by atoms with van der Waals surface area (Å²) < 4.78 is 12.3. The Labute approximate surface area is 103 Å². The van der Waals surface area contributed by atoms with Crippen LogP contribution in [0.25, 0.3) is 11.3 Å². The summed E-state index contributed by atoms with van der Waals surface area (Å²) in [7, 11) is 0. The predicted octanol–water partition coefficient (Wildman–Crippen LogP) is 1.51. The minimum atomic E-state index is 0.227. The fourth-order valence-electron chi connectivity index (χ4n) is 1.97. The summed E-state index contributed by atoms with van der Waals surface area (Å²) in [5.74, 6) is 1.38. The SMILES string of the molecule is CCn1nnc(C=O)c1-c1ccc2c(c1)OCO2. The molecule has 0 fully saturated rings. The number of carbonyl (C=O) groups excluding carboxylic acids is 1. The van der Waals surface area contributed by atoms with E-state index in [1.54, 1.807) is 4.68 Å². The standard InChI is InChI=1S/C12H11N3O3/c1-2-15-12(9(6-16)13-14-15)8-3-4-10-11(5-8)18-7-17-10/h3-6H,2,7H2,1H3. The van der Waals surface area contributed by atoms with E-state index < -0.39 is 0 Å². The summed E-state index contributed by atoms with van der Waals surface area (Å²) in [6.07, 6.45) is 0.707. The topological polar surface area (TPSA) is 66.2 Å². The van der Waals surface area contributed by atoms with Gasteiger partial charge >= 0.3 is 0 Å². The molecule has 2 aromatic rings. The average molecular weight is 245 g/mol. The van der Waals surface area contributed by atoms with Gasteiger partial charge in [-0.3, -0.25) is 4.79 Å². The zero-order valence-corrected chi connectivity index (χ0v) is 9.79. The molecular formula is C12H11N3O3. The molecular weight excluding hydrogens is 234 g/mol. The highest BCUT2D eigenvalue weighted by Crippen LogP contribution is 2.36. The van der Waals surface area contributed by atoms with Crippen molar-refractivity contribution in [2.24, 2.45) is 0 Å². The van der Waals surface area contributed by atoms with Crippen molar-refractivity contribution in [2.45, 2.75) is 13.5 Å². The highest BCUT2D eigenvalue weighted by Gasteiger charge is 2.18. The molecule has 0 unspecified atom stereocenters. The molecule has 1 aliphatic rings. The number of aromatic nitrogens is 3. The van der Waals surface area contributed by atoms with Gasteiger partial charge in [0.25, 0.3) is 0 Å². The second-order valence-corrected chi connectivity index (χ2v) is 3.82. The molecule has 0 aliphatic carbocycles. The first kappa shape index (κ1) is 10.8. The first-order valence-electron chi connectivity index (χ1n) is 5.62. The lowest BCUT2D eigenvalue weighted by Gasteiger charge is -2.05. The Balaban J connectivity index is 2.14. The Morgan fingerprint density at radius 3 is 3.00 bits per heavy atom. The van der Waals surface area contributed by atoms with E-state index in [9.17, 15) is 4.79 Å². The van der Waals surface area contributed by atoms with Crippen LogP contribution in [0, 0.1) is 0 Å². The Bertz CT molecular complexity index is 607. The van der Waals surface area contributed by atoms with Crippen molar-refractivity contribution in [3.8, 4) is 22.8 Å². The number of hydrogen-bond acceptors (Lipinski definition) is 5. The molecule has 1 aliphatic heterocycles. The third kappa shape index (κ3) is 1.54. The molecule has 1 aromatic heterocycles. The van der Waals surface area contributed by atoms with Crippen LogP contribution < -0.4 is 9.47 Å². The summed E-state index contributed by atoms with van der Waals surface area (Å²) in [6.45, 7) is 2.81. The van der Waals surface area contributed by atoms with Crippen molar-refractivity contribution < 1.29 is 14.3 Å². The Kier molecular flexibility index (Phi) is 2.47. The minimum Gasteiger partial charge on any atom is -0.454 e. The third-order valence-electron chi connectivity index (χ3n) is 2.82. The van der Waals surface area contributed by atoms with Crippen LogP contribution in [0.4, 0.5) is 0 Å². The maximum absolute atomic E-state index is 11.0. The minimum absolute atomic E-state index is 0.227. The zero-order chi connectivity index (χ0) is 12.5. The summed E-state index contributed by atoms with van der Waals surface area (Å²) in [5, 5.41) is 7.79. The van der Waals surface area contributed by atoms with Gasteiger partial charge in [0.15, 0.2) is 23.5 Å². The molecule has 1 aromatic carbocycles. The van der Waals surface area contributed by atoms with Crippen molar-refractivity contribution in [2.75, 3.05) is 6.79 Å². The molecule has 0 atom stereocenters. The molecule has 6 heteroatoms. The molecule has 18 heavy (non-hydrogen) atoms. The predicted molar refractivity (Wildman–Crippen MR) is 62.6 cm³/mol. The van der Waals surface area contributed by atoms with E-state index in [0.717, 1.165) is 5.56 Å². The van der Waals surface area contributed by atoms with Gasteiger partial charge in [-0.25, -0.2) is 4.68 Å². The molecule has 6 nitrogen and oxygen atoms in total. The van der Waals surface area contributed by atoms with Gasteiger partial charge in [-0.2, -0.15) is 0 Å². The highest BCUT2D eigenvalue weighted by atomic mass is 16.7. The zero-order valence-electron chi connectivity index (χ0n) is 9.79. The molecule has 2 heterocycles. The molecule has 0 amide bonds. The van der Waals surface area contributed by atoms with Crippen LogP contribution in [0.5, 0.6) is 11.5 Å². The van der Waals surface area contributed by atoms with Gasteiger partial charge in [0.1, 0.15) is 0 Å². The highest BCUT2D eigenvalue weighted by molar-refractivity contribution is 5.83. The fraction of sp³-hybridized carbons (Fsp3) is 0.250. The lowest BCUT2D eigenvalue weighted by atomic mass is 10.1. The molecule has 3 rings (SSSR count). The monoisotopic (exact) mass is 245 g/mol. The second kappa shape index (κ2) is 4.14. The number of fused-ring (bicyclic) bond motifs is 1. The Hall–Kier alpha value is -2.37. The first-order chi connectivity index (χ1) is 8.83. The number of hydrogen-bond donors (Lipinski definition) is 0. The number of ether oxygens (including phenoxy) is 2. The normalized spacial score (nSPS) is 12.7. The van der Waals surface area contributed by atoms with Crippen molar-refractivity contribution in [1.82, 2.24) is 15.0 Å². The molecule has 0 bridgehead atoms. The van der Waals surface area contributed by atoms with Crippen molar-refractivity contribution in [1.29, 1.82) is 0 Å². The van der Waals surface area contributed by atoms with Gasteiger partial charge in [0.2, 0.25) is 6.79 Å². The number of carbonyl (C=O) groups is 1. The van der Waals surface area contributed by atoms with Gasteiger partial charge in [0, 0.05) is 12.1 Å². The van der Waals surface area contributed by atoms with Gasteiger partial charge < -0.3 is 9.47 Å². The largest absolute Gasteiger partial charge is 0.454 e. The average Bonchev–Trinajstić information content (AvgIpc) is 3.03. The molecule has 0 saturated carbocycles. The lowest BCUT2D eigenvalue weighted by molar-refractivity contribution is 0.111. The summed E-state index contributed by atoms with van der Waals surface area (Å²) in [4.78, 5) is 11.0. The van der Waals surface area contributed by atoms with Crippen LogP contribution >= 0.6 is 0 Å². The van der Waals surface area contributed by atoms with Crippen LogP contribution in [0.1, 0.15) is 17.4 Å². The van der Waals surface area contributed by atoms with Crippen molar-refractivity contribution in [3.63, 3.8) is 0 Å². The van der Waals surface area contributed by atoms with E-state index in [4.69, 9.17) is 9.47 Å². The molecule has 0 radical (unpaired) electrons.